The van der Waals surface area contributed by atoms with E-state index in [9.17, 15) is 4.91 Å². The lowest BCUT2D eigenvalue weighted by Gasteiger charge is -1.98. The third kappa shape index (κ3) is 1.48. The van der Waals surface area contributed by atoms with Gasteiger partial charge in [-0.25, -0.2) is 0 Å². The van der Waals surface area contributed by atoms with Crippen LogP contribution in [0.1, 0.15) is 0 Å². The van der Waals surface area contributed by atoms with Crippen LogP contribution in [0, 0.1) is 4.91 Å². The van der Waals surface area contributed by atoms with Gasteiger partial charge in [-0.2, -0.15) is 0 Å². The van der Waals surface area contributed by atoms with Crippen LogP contribution in [-0.4, -0.2) is 10.2 Å². The first-order chi connectivity index (χ1) is 5.15. The third-order valence-electron chi connectivity index (χ3n) is 1.14. The predicted molar refractivity (Wildman–Crippen MR) is 42.9 cm³/mol. The SMILES string of the molecule is O=Nc1cc(Br)c(O)cc1O. The monoisotopic (exact) mass is 217 g/mol. The van der Waals surface area contributed by atoms with E-state index >= 15 is 0 Å². The maximum atomic E-state index is 9.98. The summed E-state index contributed by atoms with van der Waals surface area (Å²) in [5, 5.41) is 20.4. The highest BCUT2D eigenvalue weighted by Gasteiger charge is 2.05. The van der Waals surface area contributed by atoms with Crippen molar-refractivity contribution >= 4 is 21.6 Å². The Labute approximate surface area is 70.6 Å². The van der Waals surface area contributed by atoms with Crippen molar-refractivity contribution in [1.29, 1.82) is 0 Å². The second kappa shape index (κ2) is 2.87. The van der Waals surface area contributed by atoms with E-state index in [0.717, 1.165) is 6.07 Å². The van der Waals surface area contributed by atoms with Crippen LogP contribution < -0.4 is 0 Å². The largest absolute Gasteiger partial charge is 0.507 e. The molecule has 1 aromatic rings. The van der Waals surface area contributed by atoms with Crippen LogP contribution >= 0.6 is 15.9 Å². The van der Waals surface area contributed by atoms with Gasteiger partial charge in [0.05, 0.1) is 4.47 Å². The van der Waals surface area contributed by atoms with E-state index in [1.165, 1.54) is 6.07 Å². The van der Waals surface area contributed by atoms with Gasteiger partial charge in [0.25, 0.3) is 0 Å². The molecule has 0 fully saturated rings. The molecule has 0 aliphatic heterocycles. The molecule has 4 nitrogen and oxygen atoms in total. The fraction of sp³-hybridized carbons (Fsp3) is 0. The number of hydrogen-bond acceptors (Lipinski definition) is 4. The summed E-state index contributed by atoms with van der Waals surface area (Å²) in [4.78, 5) is 9.98. The summed E-state index contributed by atoms with van der Waals surface area (Å²) in [5.74, 6) is -0.462. The Morgan fingerprint density at radius 2 is 1.91 bits per heavy atom. The van der Waals surface area contributed by atoms with E-state index in [0.29, 0.717) is 4.47 Å². The van der Waals surface area contributed by atoms with Crippen molar-refractivity contribution in [2.75, 3.05) is 0 Å². The highest BCUT2D eigenvalue weighted by Crippen LogP contribution is 2.35. The molecule has 1 aromatic carbocycles. The van der Waals surface area contributed by atoms with Crippen LogP contribution in [0.2, 0.25) is 0 Å². The molecule has 0 aromatic heterocycles. The zero-order valence-corrected chi connectivity index (χ0v) is 6.87. The normalized spacial score (nSPS) is 9.55. The fourth-order valence-corrected chi connectivity index (χ4v) is 0.945. The van der Waals surface area contributed by atoms with Crippen LogP contribution in [0.4, 0.5) is 5.69 Å². The minimum absolute atomic E-state index is 0.102. The second-order valence-electron chi connectivity index (χ2n) is 1.88. The van der Waals surface area contributed by atoms with Gasteiger partial charge >= 0.3 is 0 Å². The maximum Gasteiger partial charge on any atom is 0.151 e. The molecule has 0 radical (unpaired) electrons. The minimum Gasteiger partial charge on any atom is -0.507 e. The van der Waals surface area contributed by atoms with Gasteiger partial charge in [-0.05, 0) is 27.2 Å². The topological polar surface area (TPSA) is 69.9 Å². The molecular formula is C6H4BrNO3. The molecule has 1 rings (SSSR count). The summed E-state index contributed by atoms with van der Waals surface area (Å²) < 4.78 is 0.324. The zero-order valence-electron chi connectivity index (χ0n) is 5.28. The van der Waals surface area contributed by atoms with Crippen molar-refractivity contribution in [2.45, 2.75) is 0 Å². The van der Waals surface area contributed by atoms with Crippen molar-refractivity contribution < 1.29 is 10.2 Å². The Bertz CT molecular complexity index is 300. The van der Waals surface area contributed by atoms with Crippen LogP contribution in [0.15, 0.2) is 21.8 Å². The van der Waals surface area contributed by atoms with E-state index in [-0.39, 0.29) is 17.2 Å². The first-order valence-electron chi connectivity index (χ1n) is 2.70. The number of nitroso groups, excluding NO2 is 1. The number of aromatic hydroxyl groups is 2. The molecule has 2 N–H and O–H groups in total. The second-order valence-corrected chi connectivity index (χ2v) is 2.74. The molecule has 0 saturated heterocycles. The van der Waals surface area contributed by atoms with E-state index in [4.69, 9.17) is 10.2 Å². The van der Waals surface area contributed by atoms with Crippen LogP contribution in [0.5, 0.6) is 11.5 Å². The van der Waals surface area contributed by atoms with Gasteiger partial charge in [-0.3, -0.25) is 0 Å². The summed E-state index contributed by atoms with van der Waals surface area (Å²) in [5.41, 5.74) is -0.102. The molecule has 0 bridgehead atoms. The predicted octanol–water partition coefficient (Wildman–Crippen LogP) is 2.26. The quantitative estimate of drug-likeness (QED) is 0.710. The summed E-state index contributed by atoms with van der Waals surface area (Å²) in [6.45, 7) is 0. The third-order valence-corrected chi connectivity index (χ3v) is 1.78. The van der Waals surface area contributed by atoms with E-state index in [1.807, 2.05) is 0 Å². The summed E-state index contributed by atoms with van der Waals surface area (Å²) >= 11 is 2.96. The number of nitrogens with zero attached hydrogens (tertiary/aromatic N) is 1. The fourth-order valence-electron chi connectivity index (χ4n) is 0.613. The highest BCUT2D eigenvalue weighted by molar-refractivity contribution is 9.10. The Balaban J connectivity index is 3.31. The lowest BCUT2D eigenvalue weighted by Crippen LogP contribution is -1.70. The molecule has 0 amide bonds. The van der Waals surface area contributed by atoms with Gasteiger partial charge < -0.3 is 10.2 Å². The van der Waals surface area contributed by atoms with Gasteiger partial charge in [0, 0.05) is 6.07 Å². The Hall–Kier alpha value is -1.10. The number of rotatable bonds is 1. The number of hydrogen-bond donors (Lipinski definition) is 2. The first kappa shape index (κ1) is 8.00. The van der Waals surface area contributed by atoms with Crippen LogP contribution in [0.25, 0.3) is 0 Å². The van der Waals surface area contributed by atoms with Gasteiger partial charge in [0.15, 0.2) is 5.69 Å². The average molecular weight is 218 g/mol. The van der Waals surface area contributed by atoms with Crippen LogP contribution in [0.3, 0.4) is 0 Å². The van der Waals surface area contributed by atoms with Crippen molar-refractivity contribution in [3.05, 3.63) is 21.5 Å². The molecular weight excluding hydrogens is 214 g/mol. The Morgan fingerprint density at radius 3 is 2.45 bits per heavy atom. The average Bonchev–Trinajstić information content (AvgIpc) is 1.97. The minimum atomic E-state index is -0.333. The molecule has 58 valence electrons. The molecule has 0 saturated carbocycles. The Morgan fingerprint density at radius 1 is 1.27 bits per heavy atom. The lowest BCUT2D eigenvalue weighted by atomic mass is 10.3. The lowest BCUT2D eigenvalue weighted by molar-refractivity contribution is 0.449. The van der Waals surface area contributed by atoms with E-state index in [1.54, 1.807) is 0 Å². The Kier molecular flexibility index (Phi) is 2.09. The van der Waals surface area contributed by atoms with Gasteiger partial charge in [0.2, 0.25) is 0 Å². The number of phenolic OH excluding ortho intramolecular Hbond substituents is 2. The maximum absolute atomic E-state index is 9.98. The first-order valence-corrected chi connectivity index (χ1v) is 3.49. The number of halogens is 1. The van der Waals surface area contributed by atoms with Gasteiger partial charge in [-0.1, -0.05) is 0 Å². The molecule has 11 heavy (non-hydrogen) atoms. The number of benzene rings is 1. The van der Waals surface area contributed by atoms with Crippen molar-refractivity contribution in [1.82, 2.24) is 0 Å². The summed E-state index contributed by atoms with van der Waals surface area (Å²) in [7, 11) is 0. The standard InChI is InChI=1S/C6H4BrNO3/c7-3-1-4(8-11)6(10)2-5(3)9/h1-2,9-10H. The molecule has 0 atom stereocenters. The summed E-state index contributed by atoms with van der Waals surface area (Å²) in [6.07, 6.45) is 0. The highest BCUT2D eigenvalue weighted by atomic mass is 79.9. The molecule has 5 heteroatoms. The molecule has 0 aliphatic rings. The van der Waals surface area contributed by atoms with E-state index in [2.05, 4.69) is 21.1 Å². The molecule has 0 spiro atoms. The molecule has 0 heterocycles. The van der Waals surface area contributed by atoms with Crippen LogP contribution in [-0.2, 0) is 0 Å². The van der Waals surface area contributed by atoms with E-state index < -0.39 is 0 Å². The van der Waals surface area contributed by atoms with Crippen molar-refractivity contribution in [3.63, 3.8) is 0 Å². The van der Waals surface area contributed by atoms with Gasteiger partial charge in [-0.15, -0.1) is 4.91 Å². The zero-order chi connectivity index (χ0) is 8.43. The number of phenols is 2. The smallest absolute Gasteiger partial charge is 0.151 e. The van der Waals surface area contributed by atoms with Crippen molar-refractivity contribution in [2.24, 2.45) is 5.18 Å². The molecule has 0 unspecified atom stereocenters. The summed E-state index contributed by atoms with van der Waals surface area (Å²) in [6, 6.07) is 2.28. The van der Waals surface area contributed by atoms with Crippen molar-refractivity contribution in [3.8, 4) is 11.5 Å². The van der Waals surface area contributed by atoms with Gasteiger partial charge in [0.1, 0.15) is 11.5 Å². The molecule has 0 aliphatic carbocycles.